The monoisotopic (exact) mass is 352 g/mol. The molecule has 2 aromatic carbocycles. The summed E-state index contributed by atoms with van der Waals surface area (Å²) in [4.78, 5) is 15.5. The lowest BCUT2D eigenvalue weighted by Crippen LogP contribution is -2.30. The number of hydrogen-bond acceptors (Lipinski definition) is 3. The molecule has 0 fully saturated rings. The normalized spacial score (nSPS) is 10.7. The van der Waals surface area contributed by atoms with Crippen LogP contribution in [0.1, 0.15) is 16.8 Å². The number of fused-ring (bicyclic) bond motifs is 1. The van der Waals surface area contributed by atoms with Gasteiger partial charge in [0.05, 0.1) is 7.11 Å². The van der Waals surface area contributed by atoms with Crippen molar-refractivity contribution in [1.82, 2.24) is 10.3 Å². The smallest absolute Gasteiger partial charge is 0.257 e. The van der Waals surface area contributed by atoms with Crippen molar-refractivity contribution in [3.8, 4) is 11.5 Å². The number of aromatic amines is 1. The minimum absolute atomic E-state index is 0.0354. The summed E-state index contributed by atoms with van der Waals surface area (Å²) in [6.07, 6.45) is 0.773. The number of para-hydroxylation sites is 2. The SMILES string of the molecule is COc1ccccc1OCC(=O)NCCc1c(C)[nH]c2ccc(C)cc12. The fraction of sp³-hybridized carbons (Fsp3) is 0.286. The predicted molar refractivity (Wildman–Crippen MR) is 103 cm³/mol. The van der Waals surface area contributed by atoms with E-state index in [2.05, 4.69) is 42.3 Å². The van der Waals surface area contributed by atoms with E-state index in [0.717, 1.165) is 17.6 Å². The van der Waals surface area contributed by atoms with E-state index in [0.29, 0.717) is 18.0 Å². The quantitative estimate of drug-likeness (QED) is 0.684. The summed E-state index contributed by atoms with van der Waals surface area (Å²) in [6.45, 7) is 4.68. The third-order valence-electron chi connectivity index (χ3n) is 4.40. The lowest BCUT2D eigenvalue weighted by atomic mass is 10.1. The number of amides is 1. The number of carbonyl (C=O) groups is 1. The highest BCUT2D eigenvalue weighted by Crippen LogP contribution is 2.25. The molecule has 0 radical (unpaired) electrons. The van der Waals surface area contributed by atoms with Gasteiger partial charge in [0.2, 0.25) is 0 Å². The molecule has 5 nitrogen and oxygen atoms in total. The van der Waals surface area contributed by atoms with Gasteiger partial charge in [-0.05, 0) is 50.1 Å². The number of aromatic nitrogens is 1. The topological polar surface area (TPSA) is 63.4 Å². The highest BCUT2D eigenvalue weighted by Gasteiger charge is 2.10. The molecule has 1 heterocycles. The fourth-order valence-electron chi connectivity index (χ4n) is 3.08. The lowest BCUT2D eigenvalue weighted by molar-refractivity contribution is -0.123. The first kappa shape index (κ1) is 17.9. The minimum Gasteiger partial charge on any atom is -0.493 e. The molecule has 0 bridgehead atoms. The molecule has 5 heteroatoms. The Hall–Kier alpha value is -2.95. The molecule has 1 aromatic heterocycles. The number of rotatable bonds is 7. The molecule has 1 amide bonds. The van der Waals surface area contributed by atoms with E-state index < -0.39 is 0 Å². The summed E-state index contributed by atoms with van der Waals surface area (Å²) in [7, 11) is 1.58. The zero-order valence-electron chi connectivity index (χ0n) is 15.4. The first-order chi connectivity index (χ1) is 12.6. The van der Waals surface area contributed by atoms with Crippen LogP contribution < -0.4 is 14.8 Å². The maximum Gasteiger partial charge on any atom is 0.257 e. The zero-order chi connectivity index (χ0) is 18.5. The van der Waals surface area contributed by atoms with Crippen molar-refractivity contribution >= 4 is 16.8 Å². The van der Waals surface area contributed by atoms with E-state index in [1.54, 1.807) is 19.2 Å². The standard InChI is InChI=1S/C21H24N2O3/c1-14-8-9-18-17(12-14)16(15(2)23-18)10-11-22-21(24)13-26-20-7-5-4-6-19(20)25-3/h4-9,12,23H,10-11,13H2,1-3H3,(H,22,24). The van der Waals surface area contributed by atoms with Crippen LogP contribution in [0.4, 0.5) is 0 Å². The van der Waals surface area contributed by atoms with Gasteiger partial charge in [0.15, 0.2) is 18.1 Å². The van der Waals surface area contributed by atoms with Crippen LogP contribution in [0.15, 0.2) is 42.5 Å². The van der Waals surface area contributed by atoms with Crippen molar-refractivity contribution < 1.29 is 14.3 Å². The second-order valence-electron chi connectivity index (χ2n) is 6.32. The molecule has 0 aliphatic carbocycles. The highest BCUT2D eigenvalue weighted by atomic mass is 16.5. The number of hydrogen-bond donors (Lipinski definition) is 2. The van der Waals surface area contributed by atoms with Crippen molar-refractivity contribution in [3.63, 3.8) is 0 Å². The Labute approximate surface area is 153 Å². The number of benzene rings is 2. The Morgan fingerprint density at radius 1 is 1.12 bits per heavy atom. The van der Waals surface area contributed by atoms with Gasteiger partial charge in [-0.2, -0.15) is 0 Å². The second-order valence-corrected chi connectivity index (χ2v) is 6.32. The molecular weight excluding hydrogens is 328 g/mol. The summed E-state index contributed by atoms with van der Waals surface area (Å²) < 4.78 is 10.8. The molecule has 0 saturated heterocycles. The van der Waals surface area contributed by atoms with Crippen LogP contribution in [0.5, 0.6) is 11.5 Å². The van der Waals surface area contributed by atoms with Crippen LogP contribution >= 0.6 is 0 Å². The molecule has 3 aromatic rings. The largest absolute Gasteiger partial charge is 0.493 e. The molecule has 0 spiro atoms. The summed E-state index contributed by atoms with van der Waals surface area (Å²) in [5.74, 6) is 1.03. The average molecular weight is 352 g/mol. The number of nitrogens with one attached hydrogen (secondary N) is 2. The first-order valence-corrected chi connectivity index (χ1v) is 8.69. The van der Waals surface area contributed by atoms with Gasteiger partial charge in [0.1, 0.15) is 0 Å². The van der Waals surface area contributed by atoms with Crippen molar-refractivity contribution in [2.24, 2.45) is 0 Å². The van der Waals surface area contributed by atoms with Gasteiger partial charge < -0.3 is 19.8 Å². The highest BCUT2D eigenvalue weighted by molar-refractivity contribution is 5.85. The number of ether oxygens (including phenoxy) is 2. The van der Waals surface area contributed by atoms with Crippen molar-refractivity contribution in [1.29, 1.82) is 0 Å². The van der Waals surface area contributed by atoms with Crippen LogP contribution in [-0.2, 0) is 11.2 Å². The molecule has 0 unspecified atom stereocenters. The zero-order valence-corrected chi connectivity index (χ0v) is 15.4. The van der Waals surface area contributed by atoms with E-state index in [1.165, 1.54) is 16.5 Å². The Morgan fingerprint density at radius 3 is 2.65 bits per heavy atom. The van der Waals surface area contributed by atoms with Gasteiger partial charge >= 0.3 is 0 Å². The Balaban J connectivity index is 1.54. The summed E-state index contributed by atoms with van der Waals surface area (Å²) >= 11 is 0. The summed E-state index contributed by atoms with van der Waals surface area (Å²) in [5.41, 5.74) is 4.75. The molecule has 3 rings (SSSR count). The first-order valence-electron chi connectivity index (χ1n) is 8.69. The fourth-order valence-corrected chi connectivity index (χ4v) is 3.08. The summed E-state index contributed by atoms with van der Waals surface area (Å²) in [6, 6.07) is 13.7. The van der Waals surface area contributed by atoms with Gasteiger partial charge in [-0.3, -0.25) is 4.79 Å². The molecule has 0 saturated carbocycles. The lowest BCUT2D eigenvalue weighted by Gasteiger charge is -2.10. The molecule has 0 aliphatic rings. The van der Waals surface area contributed by atoms with Crippen LogP contribution in [0.2, 0.25) is 0 Å². The van der Waals surface area contributed by atoms with E-state index >= 15 is 0 Å². The van der Waals surface area contributed by atoms with E-state index in [1.807, 2.05) is 12.1 Å². The number of H-pyrrole nitrogens is 1. The van der Waals surface area contributed by atoms with Gasteiger partial charge in [-0.25, -0.2) is 0 Å². The third kappa shape index (κ3) is 3.99. The van der Waals surface area contributed by atoms with Gasteiger partial charge in [0, 0.05) is 23.1 Å². The molecule has 0 atom stereocenters. The number of aryl methyl sites for hydroxylation is 2. The van der Waals surface area contributed by atoms with Gasteiger partial charge in [-0.15, -0.1) is 0 Å². The Kier molecular flexibility index (Phi) is 5.46. The Bertz CT molecular complexity index is 915. The van der Waals surface area contributed by atoms with Crippen LogP contribution in [0.25, 0.3) is 10.9 Å². The predicted octanol–water partition coefficient (Wildman–Crippen LogP) is 3.53. The van der Waals surface area contributed by atoms with Gasteiger partial charge in [0.25, 0.3) is 5.91 Å². The van der Waals surface area contributed by atoms with E-state index in [4.69, 9.17) is 9.47 Å². The maximum absolute atomic E-state index is 12.1. The van der Waals surface area contributed by atoms with Crippen molar-refractivity contribution in [3.05, 3.63) is 59.3 Å². The third-order valence-corrected chi connectivity index (χ3v) is 4.40. The second kappa shape index (κ2) is 7.95. The van der Waals surface area contributed by atoms with Crippen LogP contribution in [0, 0.1) is 13.8 Å². The van der Waals surface area contributed by atoms with Crippen LogP contribution in [0.3, 0.4) is 0 Å². The molecule has 0 aliphatic heterocycles. The van der Waals surface area contributed by atoms with Crippen molar-refractivity contribution in [2.45, 2.75) is 20.3 Å². The van der Waals surface area contributed by atoms with E-state index in [-0.39, 0.29) is 12.5 Å². The minimum atomic E-state index is -0.149. The average Bonchev–Trinajstić information content (AvgIpc) is 2.95. The van der Waals surface area contributed by atoms with E-state index in [9.17, 15) is 4.79 Å². The Morgan fingerprint density at radius 2 is 1.88 bits per heavy atom. The maximum atomic E-state index is 12.1. The van der Waals surface area contributed by atoms with Gasteiger partial charge in [-0.1, -0.05) is 23.8 Å². The molecule has 136 valence electrons. The molecule has 26 heavy (non-hydrogen) atoms. The molecule has 2 N–H and O–H groups in total. The van der Waals surface area contributed by atoms with Crippen molar-refractivity contribution in [2.75, 3.05) is 20.3 Å². The van der Waals surface area contributed by atoms with Crippen LogP contribution in [-0.4, -0.2) is 31.2 Å². The molecular formula is C21H24N2O3. The number of carbonyl (C=O) groups excluding carboxylic acids is 1. The number of methoxy groups -OCH3 is 1. The summed E-state index contributed by atoms with van der Waals surface area (Å²) in [5, 5.41) is 4.14.